The lowest BCUT2D eigenvalue weighted by Gasteiger charge is -2.35. The Morgan fingerprint density at radius 3 is 2.27 bits per heavy atom. The van der Waals surface area contributed by atoms with Gasteiger partial charge in [0, 0.05) is 42.6 Å². The summed E-state index contributed by atoms with van der Waals surface area (Å²) < 4.78 is 0. The van der Waals surface area contributed by atoms with Crippen molar-refractivity contribution in [1.82, 2.24) is 4.90 Å². The van der Waals surface area contributed by atoms with Gasteiger partial charge in [-0.15, -0.1) is 0 Å². The van der Waals surface area contributed by atoms with Crippen LogP contribution in [0.15, 0.2) is 30.3 Å². The molecule has 0 aliphatic carbocycles. The first-order valence-corrected chi connectivity index (χ1v) is 9.27. The van der Waals surface area contributed by atoms with Gasteiger partial charge in [0.25, 0.3) is 5.91 Å². The van der Waals surface area contributed by atoms with Crippen molar-refractivity contribution in [2.45, 2.75) is 0 Å². The second kappa shape index (κ2) is 7.92. The van der Waals surface area contributed by atoms with Crippen molar-refractivity contribution in [3.8, 4) is 0 Å². The average Bonchev–Trinajstić information content (AvgIpc) is 2.58. The summed E-state index contributed by atoms with van der Waals surface area (Å²) in [4.78, 5) is 17.4. The molecule has 0 spiro atoms. The average molecular weight is 414 g/mol. The molecular formula is C18H19Cl3N4O. The smallest absolute Gasteiger partial charge is 0.257 e. The lowest BCUT2D eigenvalue weighted by Crippen LogP contribution is -2.45. The predicted molar refractivity (Wildman–Crippen MR) is 110 cm³/mol. The van der Waals surface area contributed by atoms with Gasteiger partial charge in [0.1, 0.15) is 0 Å². The number of halogens is 3. The minimum atomic E-state index is -0.322. The number of likely N-dealkylation sites (N-methyl/N-ethyl adjacent to an activating group) is 1. The molecule has 1 saturated heterocycles. The van der Waals surface area contributed by atoms with E-state index in [4.69, 9.17) is 40.5 Å². The fraction of sp³-hybridized carbons (Fsp3) is 0.278. The predicted octanol–water partition coefficient (Wildman–Crippen LogP) is 4.23. The lowest BCUT2D eigenvalue weighted by molar-refractivity contribution is 0.102. The third-order valence-corrected chi connectivity index (χ3v) is 5.17. The number of carbonyl (C=O) groups excluding carboxylic acids is 1. The molecule has 0 unspecified atom stereocenters. The number of nitrogen functional groups attached to an aromatic ring is 1. The summed E-state index contributed by atoms with van der Waals surface area (Å²) in [6, 6.07) is 8.41. The molecule has 0 radical (unpaired) electrons. The maximum absolute atomic E-state index is 12.9. The number of nitrogens with one attached hydrogen (secondary N) is 1. The number of piperazine rings is 1. The van der Waals surface area contributed by atoms with Crippen LogP contribution in [-0.2, 0) is 0 Å². The minimum absolute atomic E-state index is 0.279. The third kappa shape index (κ3) is 4.18. The molecular weight excluding hydrogens is 395 g/mol. The Bertz CT molecular complexity index is 812. The molecule has 1 fully saturated rings. The van der Waals surface area contributed by atoms with Crippen LogP contribution >= 0.6 is 34.8 Å². The lowest BCUT2D eigenvalue weighted by atomic mass is 10.1. The molecule has 26 heavy (non-hydrogen) atoms. The molecule has 138 valence electrons. The van der Waals surface area contributed by atoms with Crippen LogP contribution in [0, 0.1) is 0 Å². The van der Waals surface area contributed by atoms with Gasteiger partial charge in [-0.05, 0) is 37.4 Å². The highest BCUT2D eigenvalue weighted by Gasteiger charge is 2.21. The Balaban J connectivity index is 1.91. The van der Waals surface area contributed by atoms with E-state index in [-0.39, 0.29) is 16.0 Å². The first-order chi connectivity index (χ1) is 12.3. The van der Waals surface area contributed by atoms with Gasteiger partial charge in [-0.2, -0.15) is 0 Å². The van der Waals surface area contributed by atoms with Gasteiger partial charge in [0.15, 0.2) is 0 Å². The van der Waals surface area contributed by atoms with Crippen LogP contribution in [-0.4, -0.2) is 44.0 Å². The van der Waals surface area contributed by atoms with E-state index >= 15 is 0 Å². The number of amides is 1. The molecule has 3 N–H and O–H groups in total. The topological polar surface area (TPSA) is 61.6 Å². The van der Waals surface area contributed by atoms with Crippen LogP contribution in [0.2, 0.25) is 15.1 Å². The van der Waals surface area contributed by atoms with Crippen molar-refractivity contribution in [2.75, 3.05) is 49.2 Å². The van der Waals surface area contributed by atoms with Crippen LogP contribution < -0.4 is 16.0 Å². The van der Waals surface area contributed by atoms with Crippen molar-refractivity contribution in [3.63, 3.8) is 0 Å². The summed E-state index contributed by atoms with van der Waals surface area (Å²) in [6.45, 7) is 3.53. The standard InChI is InChI=1S/C18H19Cl3N4O/c1-24-4-6-25(7-5-24)16-3-2-12(22)10-13(16)18(26)23-17-14(20)8-11(19)9-15(17)21/h2-3,8-10H,4-7,22H2,1H3,(H,23,26). The fourth-order valence-electron chi connectivity index (χ4n) is 2.90. The third-order valence-electron chi connectivity index (χ3n) is 4.35. The Morgan fingerprint density at radius 1 is 1.04 bits per heavy atom. The van der Waals surface area contributed by atoms with E-state index in [1.165, 1.54) is 12.1 Å². The van der Waals surface area contributed by atoms with E-state index in [1.54, 1.807) is 12.1 Å². The number of nitrogens with two attached hydrogens (primary N) is 1. The highest BCUT2D eigenvalue weighted by Crippen LogP contribution is 2.35. The zero-order chi connectivity index (χ0) is 18.8. The number of hydrogen-bond acceptors (Lipinski definition) is 4. The quantitative estimate of drug-likeness (QED) is 0.739. The normalized spacial score (nSPS) is 15.2. The Morgan fingerprint density at radius 2 is 1.65 bits per heavy atom. The van der Waals surface area contributed by atoms with Gasteiger partial charge in [-0.3, -0.25) is 4.79 Å². The van der Waals surface area contributed by atoms with Gasteiger partial charge in [-0.1, -0.05) is 34.8 Å². The maximum Gasteiger partial charge on any atom is 0.257 e. The van der Waals surface area contributed by atoms with Crippen LogP contribution in [0.25, 0.3) is 0 Å². The van der Waals surface area contributed by atoms with Gasteiger partial charge in [0.05, 0.1) is 21.3 Å². The highest BCUT2D eigenvalue weighted by molar-refractivity contribution is 6.42. The number of nitrogens with zero attached hydrogens (tertiary/aromatic N) is 2. The summed E-state index contributed by atoms with van der Waals surface area (Å²) in [5, 5.41) is 3.74. The highest BCUT2D eigenvalue weighted by atomic mass is 35.5. The number of hydrogen-bond donors (Lipinski definition) is 2. The monoisotopic (exact) mass is 412 g/mol. The zero-order valence-corrected chi connectivity index (χ0v) is 16.5. The Kier molecular flexibility index (Phi) is 5.82. The summed E-state index contributed by atoms with van der Waals surface area (Å²) >= 11 is 18.3. The van der Waals surface area contributed by atoms with Gasteiger partial charge in [-0.25, -0.2) is 0 Å². The molecule has 3 rings (SSSR count). The fourth-order valence-corrected chi connectivity index (χ4v) is 3.81. The molecule has 5 nitrogen and oxygen atoms in total. The van der Waals surface area contributed by atoms with Gasteiger partial charge >= 0.3 is 0 Å². The number of benzene rings is 2. The summed E-state index contributed by atoms with van der Waals surface area (Å²) in [5.74, 6) is -0.322. The molecule has 1 aliphatic heterocycles. The summed E-state index contributed by atoms with van der Waals surface area (Å²) in [7, 11) is 2.08. The summed E-state index contributed by atoms with van der Waals surface area (Å²) in [5.41, 5.74) is 8.08. The molecule has 1 aliphatic rings. The van der Waals surface area contributed by atoms with Crippen molar-refractivity contribution in [2.24, 2.45) is 0 Å². The number of rotatable bonds is 3. The largest absolute Gasteiger partial charge is 0.399 e. The van der Waals surface area contributed by atoms with E-state index in [0.717, 1.165) is 31.9 Å². The van der Waals surface area contributed by atoms with Gasteiger partial charge < -0.3 is 20.9 Å². The Labute approximate surface area is 167 Å². The van der Waals surface area contributed by atoms with E-state index in [2.05, 4.69) is 22.2 Å². The number of carbonyl (C=O) groups is 1. The van der Waals surface area contributed by atoms with Crippen molar-refractivity contribution in [1.29, 1.82) is 0 Å². The van der Waals surface area contributed by atoms with Crippen LogP contribution in [0.5, 0.6) is 0 Å². The van der Waals surface area contributed by atoms with Crippen molar-refractivity contribution < 1.29 is 4.79 Å². The molecule has 0 saturated carbocycles. The van der Waals surface area contributed by atoms with E-state index in [0.29, 0.717) is 22.0 Å². The van der Waals surface area contributed by atoms with E-state index in [9.17, 15) is 4.79 Å². The van der Waals surface area contributed by atoms with Crippen molar-refractivity contribution >= 4 is 57.8 Å². The molecule has 1 amide bonds. The SMILES string of the molecule is CN1CCN(c2ccc(N)cc2C(=O)Nc2c(Cl)cc(Cl)cc2Cl)CC1. The summed E-state index contributed by atoms with van der Waals surface area (Å²) in [6.07, 6.45) is 0. The van der Waals surface area contributed by atoms with Crippen LogP contribution in [0.1, 0.15) is 10.4 Å². The van der Waals surface area contributed by atoms with Gasteiger partial charge in [0.2, 0.25) is 0 Å². The zero-order valence-electron chi connectivity index (χ0n) is 14.2. The van der Waals surface area contributed by atoms with E-state index < -0.39 is 0 Å². The first kappa shape index (κ1) is 19.1. The second-order valence-corrected chi connectivity index (χ2v) is 7.52. The van der Waals surface area contributed by atoms with E-state index in [1.807, 2.05) is 6.07 Å². The molecule has 1 heterocycles. The number of anilines is 3. The molecule has 0 aromatic heterocycles. The van der Waals surface area contributed by atoms with Crippen molar-refractivity contribution in [3.05, 3.63) is 51.0 Å². The van der Waals surface area contributed by atoms with Crippen LogP contribution in [0.4, 0.5) is 17.1 Å². The molecule has 2 aromatic carbocycles. The molecule has 0 atom stereocenters. The van der Waals surface area contributed by atoms with Crippen LogP contribution in [0.3, 0.4) is 0 Å². The minimum Gasteiger partial charge on any atom is -0.399 e. The maximum atomic E-state index is 12.9. The second-order valence-electron chi connectivity index (χ2n) is 6.27. The molecule has 2 aromatic rings. The Hall–Kier alpha value is -1.66. The molecule has 0 bridgehead atoms. The first-order valence-electron chi connectivity index (χ1n) is 8.14. The molecule has 8 heteroatoms.